The van der Waals surface area contributed by atoms with Gasteiger partial charge in [-0.25, -0.2) is 9.36 Å². The van der Waals surface area contributed by atoms with Gasteiger partial charge in [0.1, 0.15) is 0 Å². The Morgan fingerprint density at radius 3 is 1.73 bits per heavy atom. The summed E-state index contributed by atoms with van der Waals surface area (Å²) >= 11 is 0. The van der Waals surface area contributed by atoms with Gasteiger partial charge in [-0.3, -0.25) is 24.6 Å². The largest absolute Gasteiger partial charge is 0.490 e. The molecular weight excluding hydrogens is 508 g/mol. The van der Waals surface area contributed by atoms with E-state index < -0.39 is 11.9 Å². The average Bonchev–Trinajstić information content (AvgIpc) is 3.41. The van der Waals surface area contributed by atoms with E-state index in [0.29, 0.717) is 51.8 Å². The highest BCUT2D eigenvalue weighted by Crippen LogP contribution is 2.37. The van der Waals surface area contributed by atoms with Crippen molar-refractivity contribution in [3.63, 3.8) is 0 Å². The third kappa shape index (κ3) is 4.89. The molecule has 5 rings (SSSR count). The van der Waals surface area contributed by atoms with Crippen LogP contribution in [0.25, 0.3) is 11.4 Å². The lowest BCUT2D eigenvalue weighted by Crippen LogP contribution is -2.25. The van der Waals surface area contributed by atoms with E-state index in [1.807, 2.05) is 81.4 Å². The Labute approximate surface area is 230 Å². The molecule has 0 aliphatic rings. The van der Waals surface area contributed by atoms with Gasteiger partial charge in [-0.2, -0.15) is 0 Å². The van der Waals surface area contributed by atoms with Gasteiger partial charge in [0.15, 0.2) is 11.5 Å². The van der Waals surface area contributed by atoms with E-state index in [9.17, 15) is 14.4 Å². The Kier molecular flexibility index (Phi) is 7.29. The summed E-state index contributed by atoms with van der Waals surface area (Å²) in [7, 11) is 0. The molecule has 2 N–H and O–H groups in total. The quantitative estimate of drug-likeness (QED) is 0.219. The molecule has 2 aromatic heterocycles. The van der Waals surface area contributed by atoms with E-state index in [1.165, 1.54) is 16.3 Å². The van der Waals surface area contributed by atoms with E-state index >= 15 is 0 Å². The lowest BCUT2D eigenvalue weighted by molar-refractivity contribution is -0.132. The van der Waals surface area contributed by atoms with Crippen molar-refractivity contribution < 1.29 is 14.3 Å². The fraction of sp³-hybridized carbons (Fsp3) is 0.194. The predicted molar refractivity (Wildman–Crippen MR) is 152 cm³/mol. The molecule has 0 saturated heterocycles. The molecule has 9 nitrogen and oxygen atoms in total. The van der Waals surface area contributed by atoms with Crippen LogP contribution in [0.1, 0.15) is 47.8 Å². The number of aromatic nitrogens is 4. The molecule has 0 bridgehead atoms. The van der Waals surface area contributed by atoms with Crippen molar-refractivity contribution in [2.45, 2.75) is 33.6 Å². The number of nitrogens with one attached hydrogen (secondary N) is 2. The molecule has 3 aromatic carbocycles. The van der Waals surface area contributed by atoms with Crippen LogP contribution in [0.5, 0.6) is 11.5 Å². The summed E-state index contributed by atoms with van der Waals surface area (Å²) in [5, 5.41) is 6.38. The molecule has 9 heteroatoms. The third-order valence-corrected chi connectivity index (χ3v) is 6.69. The summed E-state index contributed by atoms with van der Waals surface area (Å²) in [4.78, 5) is 39.7. The van der Waals surface area contributed by atoms with Gasteiger partial charge in [0, 0.05) is 24.2 Å². The molecule has 0 spiro atoms. The van der Waals surface area contributed by atoms with E-state index in [4.69, 9.17) is 9.47 Å². The summed E-state index contributed by atoms with van der Waals surface area (Å²) in [5.74, 6) is -0.636. The van der Waals surface area contributed by atoms with Crippen LogP contribution < -0.4 is 20.6 Å². The summed E-state index contributed by atoms with van der Waals surface area (Å²) in [5.41, 5.74) is 3.51. The van der Waals surface area contributed by atoms with Crippen molar-refractivity contribution in [1.29, 1.82) is 0 Å². The summed E-state index contributed by atoms with van der Waals surface area (Å²) in [6.45, 7) is 7.10. The van der Waals surface area contributed by atoms with Crippen LogP contribution in [0, 0.1) is 13.8 Å². The monoisotopic (exact) mass is 538 g/mol. The minimum absolute atomic E-state index is 0.261. The van der Waals surface area contributed by atoms with Gasteiger partial charge in [-0.15, -0.1) is 0 Å². The molecule has 0 aliphatic heterocycles. The Bertz CT molecular complexity index is 1680. The maximum Gasteiger partial charge on any atom is 0.308 e. The number of aromatic amines is 2. The normalized spacial score (nSPS) is 11.1. The van der Waals surface area contributed by atoms with Crippen molar-refractivity contribution >= 4 is 5.97 Å². The number of nitrogens with zero attached hydrogens (tertiary/aromatic N) is 2. The molecule has 0 radical (unpaired) electrons. The van der Waals surface area contributed by atoms with Crippen molar-refractivity contribution in [3.8, 4) is 22.9 Å². The van der Waals surface area contributed by atoms with E-state index in [2.05, 4.69) is 10.2 Å². The van der Waals surface area contributed by atoms with Crippen LogP contribution in [-0.2, 0) is 4.79 Å². The molecule has 0 unspecified atom stereocenters. The minimum atomic E-state index is -0.756. The van der Waals surface area contributed by atoms with Crippen LogP contribution in [0.3, 0.4) is 0 Å². The number of ether oxygens (including phenoxy) is 2. The second-order valence-electron chi connectivity index (χ2n) is 9.42. The Balaban J connectivity index is 1.78. The Hall–Kier alpha value is -5.05. The molecule has 0 atom stereocenters. The summed E-state index contributed by atoms with van der Waals surface area (Å²) in [6.07, 6.45) is 0. The standard InChI is InChI=1S/C31H30N4O5/c1-5-39-26-18-22(16-17-25(26)40-21(4)36)29(27-19(2)32-34(30(27)37)23-12-8-6-9-13-23)28-20(3)33-35(31(28)38)24-14-10-7-11-15-24/h6-18,29,32-33H,5H2,1-4H3. The number of H-pyrrole nitrogens is 2. The van der Waals surface area contributed by atoms with Crippen molar-refractivity contribution in [3.05, 3.63) is 128 Å². The second kappa shape index (κ2) is 11.0. The number of aryl methyl sites for hydroxylation is 2. The first-order valence-corrected chi connectivity index (χ1v) is 13.0. The van der Waals surface area contributed by atoms with Crippen LogP contribution in [0.2, 0.25) is 0 Å². The lowest BCUT2D eigenvalue weighted by atomic mass is 9.85. The van der Waals surface area contributed by atoms with E-state index in [1.54, 1.807) is 18.2 Å². The van der Waals surface area contributed by atoms with Crippen molar-refractivity contribution in [1.82, 2.24) is 19.6 Å². The Morgan fingerprint density at radius 2 is 1.27 bits per heavy atom. The smallest absolute Gasteiger partial charge is 0.308 e. The predicted octanol–water partition coefficient (Wildman–Crippen LogP) is 4.77. The third-order valence-electron chi connectivity index (χ3n) is 6.69. The van der Waals surface area contributed by atoms with Gasteiger partial charge in [0.2, 0.25) is 0 Å². The number of para-hydroxylation sites is 2. The molecule has 204 valence electrons. The zero-order valence-corrected chi connectivity index (χ0v) is 22.7. The number of benzene rings is 3. The van der Waals surface area contributed by atoms with Crippen LogP contribution in [0.4, 0.5) is 0 Å². The first kappa shape index (κ1) is 26.6. The van der Waals surface area contributed by atoms with Crippen molar-refractivity contribution in [2.75, 3.05) is 6.61 Å². The number of carbonyl (C=O) groups is 1. The number of hydrogen-bond acceptors (Lipinski definition) is 5. The van der Waals surface area contributed by atoms with E-state index in [0.717, 1.165) is 0 Å². The minimum Gasteiger partial charge on any atom is -0.490 e. The van der Waals surface area contributed by atoms with Crippen LogP contribution in [-0.4, -0.2) is 32.1 Å². The van der Waals surface area contributed by atoms with Gasteiger partial charge in [0.25, 0.3) is 11.1 Å². The molecule has 0 fully saturated rings. The van der Waals surface area contributed by atoms with Gasteiger partial charge in [0.05, 0.1) is 29.1 Å². The Morgan fingerprint density at radius 1 is 0.775 bits per heavy atom. The number of hydrogen-bond donors (Lipinski definition) is 2. The highest BCUT2D eigenvalue weighted by atomic mass is 16.6. The number of carbonyl (C=O) groups excluding carboxylic acids is 1. The van der Waals surface area contributed by atoms with E-state index in [-0.39, 0.29) is 16.9 Å². The first-order chi connectivity index (χ1) is 19.3. The highest BCUT2D eigenvalue weighted by Gasteiger charge is 2.31. The maximum absolute atomic E-state index is 14.0. The molecule has 2 heterocycles. The van der Waals surface area contributed by atoms with Gasteiger partial charge < -0.3 is 9.47 Å². The average molecular weight is 539 g/mol. The van der Waals surface area contributed by atoms with Gasteiger partial charge >= 0.3 is 5.97 Å². The number of esters is 1. The zero-order valence-electron chi connectivity index (χ0n) is 22.7. The molecule has 40 heavy (non-hydrogen) atoms. The molecule has 0 saturated carbocycles. The second-order valence-corrected chi connectivity index (χ2v) is 9.42. The summed E-state index contributed by atoms with van der Waals surface area (Å²) in [6, 6.07) is 23.6. The molecule has 0 aliphatic carbocycles. The summed E-state index contributed by atoms with van der Waals surface area (Å²) < 4.78 is 14.1. The first-order valence-electron chi connectivity index (χ1n) is 13.0. The lowest BCUT2D eigenvalue weighted by Gasteiger charge is -2.18. The topological polar surface area (TPSA) is 111 Å². The van der Waals surface area contributed by atoms with Crippen LogP contribution >= 0.6 is 0 Å². The highest BCUT2D eigenvalue weighted by molar-refractivity contribution is 5.70. The van der Waals surface area contributed by atoms with Crippen LogP contribution in [0.15, 0.2) is 88.5 Å². The van der Waals surface area contributed by atoms with Crippen molar-refractivity contribution in [2.24, 2.45) is 0 Å². The number of rotatable bonds is 8. The molecule has 0 amide bonds. The molecular formula is C31H30N4O5. The SMILES string of the molecule is CCOc1cc(C(c2c(C)[nH]n(-c3ccccc3)c2=O)c2c(C)[nH]n(-c3ccccc3)c2=O)ccc1OC(C)=O. The fourth-order valence-corrected chi connectivity index (χ4v) is 5.01. The maximum atomic E-state index is 14.0. The van der Waals surface area contributed by atoms with Gasteiger partial charge in [-0.1, -0.05) is 42.5 Å². The fourth-order valence-electron chi connectivity index (χ4n) is 5.01. The van der Waals surface area contributed by atoms with Gasteiger partial charge in [-0.05, 0) is 62.7 Å². The zero-order chi connectivity index (χ0) is 28.4. The molecule has 5 aromatic rings.